The minimum atomic E-state index is -0.419. The van der Waals surface area contributed by atoms with Crippen molar-refractivity contribution in [3.8, 4) is 0 Å². The van der Waals surface area contributed by atoms with E-state index < -0.39 is 4.92 Å². The van der Waals surface area contributed by atoms with Crippen LogP contribution in [0.5, 0.6) is 0 Å². The van der Waals surface area contributed by atoms with E-state index in [9.17, 15) is 10.1 Å². The van der Waals surface area contributed by atoms with Gasteiger partial charge in [-0.2, -0.15) is 0 Å². The van der Waals surface area contributed by atoms with Gasteiger partial charge in [-0.05, 0) is 17.7 Å². The Morgan fingerprint density at radius 3 is 2.60 bits per heavy atom. The lowest BCUT2D eigenvalue weighted by Crippen LogP contribution is -3.12. The molecule has 0 aliphatic carbocycles. The normalized spacial score (nSPS) is 15.1. The molecule has 1 saturated heterocycles. The van der Waals surface area contributed by atoms with Crippen LogP contribution in [0.2, 0.25) is 5.02 Å². The van der Waals surface area contributed by atoms with E-state index in [1.165, 1.54) is 16.5 Å². The third-order valence-corrected chi connectivity index (χ3v) is 4.62. The van der Waals surface area contributed by atoms with Gasteiger partial charge in [-0.15, -0.1) is 0 Å². The molecule has 0 spiro atoms. The average molecular weight is 363 g/mol. The van der Waals surface area contributed by atoms with Gasteiger partial charge in [-0.1, -0.05) is 35.9 Å². The fourth-order valence-electron chi connectivity index (χ4n) is 3.00. The third kappa shape index (κ3) is 4.69. The molecule has 2 N–H and O–H groups in total. The average Bonchev–Trinajstić information content (AvgIpc) is 2.62. The highest BCUT2D eigenvalue weighted by Crippen LogP contribution is 2.28. The Morgan fingerprint density at radius 2 is 1.88 bits per heavy atom. The van der Waals surface area contributed by atoms with Gasteiger partial charge < -0.3 is 15.0 Å². The summed E-state index contributed by atoms with van der Waals surface area (Å²) in [5, 5.41) is 14.7. The first kappa shape index (κ1) is 17.7. The number of nitrogens with one attached hydrogen (secondary N) is 2. The first-order valence-electron chi connectivity index (χ1n) is 8.29. The number of hydrogen-bond donors (Lipinski definition) is 2. The van der Waals surface area contributed by atoms with Gasteiger partial charge >= 0.3 is 0 Å². The van der Waals surface area contributed by atoms with Crippen LogP contribution >= 0.6 is 11.6 Å². The van der Waals surface area contributed by atoms with E-state index in [-0.39, 0.29) is 5.69 Å². The zero-order valence-corrected chi connectivity index (χ0v) is 14.6. The largest absolute Gasteiger partial charge is 0.375 e. The van der Waals surface area contributed by atoms with E-state index in [4.69, 9.17) is 16.3 Å². The second-order valence-corrected chi connectivity index (χ2v) is 6.52. The summed E-state index contributed by atoms with van der Waals surface area (Å²) < 4.78 is 5.41. The van der Waals surface area contributed by atoms with Crippen molar-refractivity contribution in [3.05, 3.63) is 68.7 Å². The number of anilines is 1. The van der Waals surface area contributed by atoms with Crippen molar-refractivity contribution in [2.75, 3.05) is 31.6 Å². The highest BCUT2D eigenvalue weighted by molar-refractivity contribution is 6.30. The number of rotatable bonds is 6. The molecule has 0 aromatic heterocycles. The molecule has 3 rings (SSSR count). The molecule has 0 unspecified atom stereocenters. The predicted molar refractivity (Wildman–Crippen MR) is 97.1 cm³/mol. The predicted octanol–water partition coefficient (Wildman–Crippen LogP) is 2.28. The Hall–Kier alpha value is -2.15. The maximum Gasteiger partial charge on any atom is 0.293 e. The molecule has 0 bridgehead atoms. The number of nitrogens with zero attached hydrogens (tertiary/aromatic N) is 1. The van der Waals surface area contributed by atoms with Crippen molar-refractivity contribution in [1.82, 2.24) is 0 Å². The van der Waals surface area contributed by atoms with Crippen LogP contribution in [0, 0.1) is 10.1 Å². The maximum atomic E-state index is 11.2. The molecule has 0 radical (unpaired) electrons. The van der Waals surface area contributed by atoms with Crippen molar-refractivity contribution in [2.45, 2.75) is 13.1 Å². The second-order valence-electron chi connectivity index (χ2n) is 6.08. The fraction of sp³-hybridized carbons (Fsp3) is 0.333. The van der Waals surface area contributed by atoms with Crippen molar-refractivity contribution in [1.29, 1.82) is 0 Å². The summed E-state index contributed by atoms with van der Waals surface area (Å²) in [7, 11) is 0. The molecule has 1 heterocycles. The Kier molecular flexibility index (Phi) is 5.86. The van der Waals surface area contributed by atoms with Crippen LogP contribution in [0.25, 0.3) is 0 Å². The highest BCUT2D eigenvalue weighted by atomic mass is 35.5. The van der Waals surface area contributed by atoms with Crippen molar-refractivity contribution < 1.29 is 14.6 Å². The number of hydrogen-bond acceptors (Lipinski definition) is 4. The Balaban J connectivity index is 1.72. The molecule has 2 aromatic carbocycles. The lowest BCUT2D eigenvalue weighted by molar-refractivity contribution is -0.921. The molecule has 25 heavy (non-hydrogen) atoms. The molecule has 1 aliphatic heterocycles. The standard InChI is InChI=1S/C18H20ClN3O3/c19-16-5-6-17(18(11-16)22(23)24)20-12-14-3-1-2-4-15(14)13-21-7-9-25-10-8-21/h1-6,11,20H,7-10,12-13H2/p+1. The van der Waals surface area contributed by atoms with Crippen LogP contribution in [0.15, 0.2) is 42.5 Å². The molecule has 1 aliphatic rings. The summed E-state index contributed by atoms with van der Waals surface area (Å²) in [5.41, 5.74) is 2.86. The SMILES string of the molecule is O=[N+]([O-])c1cc(Cl)ccc1NCc1ccccc1C[NH+]1CCOCC1. The van der Waals surface area contributed by atoms with E-state index in [0.29, 0.717) is 17.3 Å². The van der Waals surface area contributed by atoms with Crippen molar-refractivity contribution in [2.24, 2.45) is 0 Å². The molecule has 6 nitrogen and oxygen atoms in total. The lowest BCUT2D eigenvalue weighted by Gasteiger charge is -2.24. The minimum Gasteiger partial charge on any atom is -0.375 e. The smallest absolute Gasteiger partial charge is 0.293 e. The molecule has 0 saturated carbocycles. The van der Waals surface area contributed by atoms with Gasteiger partial charge in [0.05, 0.1) is 18.1 Å². The Labute approximate surface area is 151 Å². The number of morpholine rings is 1. The molecule has 0 atom stereocenters. The van der Waals surface area contributed by atoms with E-state index >= 15 is 0 Å². The number of quaternary nitrogens is 1. The van der Waals surface area contributed by atoms with Gasteiger partial charge in [0, 0.05) is 23.2 Å². The molecular formula is C18H21ClN3O3+. The quantitative estimate of drug-likeness (QED) is 0.611. The first-order chi connectivity index (χ1) is 12.1. The van der Waals surface area contributed by atoms with Crippen LogP contribution < -0.4 is 10.2 Å². The number of benzene rings is 2. The fourth-order valence-corrected chi connectivity index (χ4v) is 3.17. The zero-order chi connectivity index (χ0) is 17.6. The summed E-state index contributed by atoms with van der Waals surface area (Å²) in [6.07, 6.45) is 0. The molecule has 2 aromatic rings. The summed E-state index contributed by atoms with van der Waals surface area (Å²) in [5.74, 6) is 0. The van der Waals surface area contributed by atoms with Crippen molar-refractivity contribution >= 4 is 23.0 Å². The van der Waals surface area contributed by atoms with E-state index in [2.05, 4.69) is 17.4 Å². The van der Waals surface area contributed by atoms with Crippen LogP contribution in [0.4, 0.5) is 11.4 Å². The van der Waals surface area contributed by atoms with Gasteiger partial charge in [0.15, 0.2) is 0 Å². The Morgan fingerprint density at radius 1 is 1.16 bits per heavy atom. The van der Waals surface area contributed by atoms with Crippen LogP contribution in [-0.4, -0.2) is 31.2 Å². The lowest BCUT2D eigenvalue weighted by atomic mass is 10.1. The summed E-state index contributed by atoms with van der Waals surface area (Å²) >= 11 is 5.87. The number of nitro groups is 1. The summed E-state index contributed by atoms with van der Waals surface area (Å²) in [6.45, 7) is 5.07. The molecule has 1 fully saturated rings. The summed E-state index contributed by atoms with van der Waals surface area (Å²) in [4.78, 5) is 12.3. The van der Waals surface area contributed by atoms with Gasteiger partial charge in [-0.3, -0.25) is 10.1 Å². The van der Waals surface area contributed by atoms with Crippen LogP contribution in [0.3, 0.4) is 0 Å². The first-order valence-corrected chi connectivity index (χ1v) is 8.67. The second kappa shape index (κ2) is 8.29. The zero-order valence-electron chi connectivity index (χ0n) is 13.8. The maximum absolute atomic E-state index is 11.2. The van der Waals surface area contributed by atoms with Crippen LogP contribution in [-0.2, 0) is 17.8 Å². The number of ether oxygens (including phenoxy) is 1. The monoisotopic (exact) mass is 362 g/mol. The van der Waals surface area contributed by atoms with Crippen LogP contribution in [0.1, 0.15) is 11.1 Å². The highest BCUT2D eigenvalue weighted by Gasteiger charge is 2.17. The van der Waals surface area contributed by atoms with Gasteiger partial charge in [-0.25, -0.2) is 0 Å². The molecule has 0 amide bonds. The number of halogens is 1. The molecule has 7 heteroatoms. The molecular weight excluding hydrogens is 342 g/mol. The van der Waals surface area contributed by atoms with Gasteiger partial charge in [0.25, 0.3) is 5.69 Å². The summed E-state index contributed by atoms with van der Waals surface area (Å²) in [6, 6.07) is 12.9. The van der Waals surface area contributed by atoms with E-state index in [0.717, 1.165) is 38.4 Å². The Bertz CT molecular complexity index is 748. The van der Waals surface area contributed by atoms with Gasteiger partial charge in [0.1, 0.15) is 25.3 Å². The van der Waals surface area contributed by atoms with E-state index in [1.54, 1.807) is 12.1 Å². The topological polar surface area (TPSA) is 68.8 Å². The minimum absolute atomic E-state index is 0.0104. The van der Waals surface area contributed by atoms with Crippen molar-refractivity contribution in [3.63, 3.8) is 0 Å². The molecule has 132 valence electrons. The third-order valence-electron chi connectivity index (χ3n) is 4.38. The van der Waals surface area contributed by atoms with E-state index in [1.807, 2.05) is 12.1 Å². The number of nitro benzene ring substituents is 1. The van der Waals surface area contributed by atoms with Gasteiger partial charge in [0.2, 0.25) is 0 Å².